The monoisotopic (exact) mass is 526 g/mol. The zero-order chi connectivity index (χ0) is 25.4. The van der Waals surface area contributed by atoms with Gasteiger partial charge in [0.25, 0.3) is 5.91 Å². The minimum absolute atomic E-state index is 0.0136. The molecule has 0 saturated carbocycles. The first kappa shape index (κ1) is 23.2. The number of hydrogen-bond acceptors (Lipinski definition) is 6. The van der Waals surface area contributed by atoms with Gasteiger partial charge in [-0.25, -0.2) is 0 Å². The van der Waals surface area contributed by atoms with E-state index in [2.05, 4.69) is 19.6 Å². The van der Waals surface area contributed by atoms with Crippen LogP contribution in [0.1, 0.15) is 11.1 Å². The van der Waals surface area contributed by atoms with Gasteiger partial charge in [-0.15, -0.1) is 0 Å². The van der Waals surface area contributed by atoms with Gasteiger partial charge in [0.05, 0.1) is 17.1 Å². The first-order valence-corrected chi connectivity index (χ1v) is 12.6. The second-order valence-electron chi connectivity index (χ2n) is 8.24. The third kappa shape index (κ3) is 4.43. The summed E-state index contributed by atoms with van der Waals surface area (Å²) in [6.45, 7) is 0.988. The maximum absolute atomic E-state index is 13.0. The van der Waals surface area contributed by atoms with Crippen molar-refractivity contribution in [3.63, 3.8) is 0 Å². The Morgan fingerprint density at radius 3 is 2.76 bits per heavy atom. The van der Waals surface area contributed by atoms with Gasteiger partial charge in [-0.2, -0.15) is 15.1 Å². The number of pyridine rings is 1. The highest BCUT2D eigenvalue weighted by Crippen LogP contribution is 2.32. The predicted molar refractivity (Wildman–Crippen MR) is 147 cm³/mol. The highest BCUT2D eigenvalue weighted by atomic mass is 35.5. The zero-order valence-electron chi connectivity index (χ0n) is 19.3. The minimum atomic E-state index is -0.467. The molecule has 1 N–H and O–H groups in total. The van der Waals surface area contributed by atoms with E-state index in [1.165, 1.54) is 16.8 Å². The molecular weight excluding hydrogens is 508 g/mol. The number of para-hydroxylation sites is 2. The van der Waals surface area contributed by atoms with Gasteiger partial charge < -0.3 is 9.30 Å². The maximum Gasteiger partial charge on any atom is 0.283 e. The molecule has 6 rings (SSSR count). The molecule has 0 spiro atoms. The van der Waals surface area contributed by atoms with Crippen molar-refractivity contribution in [1.82, 2.24) is 14.6 Å². The molecule has 2 aromatic heterocycles. The van der Waals surface area contributed by atoms with E-state index in [0.29, 0.717) is 34.1 Å². The molecule has 0 saturated heterocycles. The Morgan fingerprint density at radius 1 is 1.08 bits per heavy atom. The van der Waals surface area contributed by atoms with Gasteiger partial charge in [-0.3, -0.25) is 15.2 Å². The fourth-order valence-electron chi connectivity index (χ4n) is 4.14. The van der Waals surface area contributed by atoms with Gasteiger partial charge in [0, 0.05) is 40.6 Å². The van der Waals surface area contributed by atoms with Crippen LogP contribution in [0.5, 0.6) is 5.75 Å². The van der Waals surface area contributed by atoms with Crippen molar-refractivity contribution in [2.24, 2.45) is 10.1 Å². The molecule has 37 heavy (non-hydrogen) atoms. The highest BCUT2D eigenvalue weighted by molar-refractivity contribution is 8.27. The molecule has 0 atom stereocenters. The van der Waals surface area contributed by atoms with Crippen molar-refractivity contribution in [3.8, 4) is 5.75 Å². The maximum atomic E-state index is 13.0. The van der Waals surface area contributed by atoms with Crippen LogP contribution < -0.4 is 4.74 Å². The smallest absolute Gasteiger partial charge is 0.283 e. The third-order valence-electron chi connectivity index (χ3n) is 5.91. The van der Waals surface area contributed by atoms with Crippen LogP contribution >= 0.6 is 23.4 Å². The molecule has 0 aliphatic carbocycles. The van der Waals surface area contributed by atoms with Crippen LogP contribution in [0.4, 0.5) is 0 Å². The van der Waals surface area contributed by atoms with Crippen molar-refractivity contribution in [2.45, 2.75) is 6.54 Å². The van der Waals surface area contributed by atoms with Crippen LogP contribution in [0.2, 0.25) is 5.02 Å². The summed E-state index contributed by atoms with van der Waals surface area (Å²) < 4.78 is 7.94. The topological polar surface area (TPSA) is 95.9 Å². The molecule has 0 fully saturated rings. The van der Waals surface area contributed by atoms with E-state index >= 15 is 0 Å². The molecule has 0 unspecified atom stereocenters. The van der Waals surface area contributed by atoms with E-state index in [9.17, 15) is 4.79 Å². The van der Waals surface area contributed by atoms with Gasteiger partial charge in [0.2, 0.25) is 5.17 Å². The molecule has 2 aliphatic rings. The Labute approximate surface area is 221 Å². The van der Waals surface area contributed by atoms with Crippen molar-refractivity contribution in [1.29, 1.82) is 5.41 Å². The van der Waals surface area contributed by atoms with E-state index in [1.54, 1.807) is 24.5 Å². The summed E-state index contributed by atoms with van der Waals surface area (Å²) in [5.41, 5.74) is 2.78. The van der Waals surface area contributed by atoms with Gasteiger partial charge in [0.15, 0.2) is 5.84 Å². The second kappa shape index (κ2) is 9.68. The second-order valence-corrected chi connectivity index (χ2v) is 9.60. The number of aliphatic imine (C=N–C) groups is 1. The number of carbonyl (C=O) groups excluding carboxylic acids is 1. The SMILES string of the molecule is N=C1/C(=C\c2cn(CCOc3ccccc3Cl)c3ccccc23)C(=O)N=C2SC(c3cccnc3)=NN12. The molecule has 182 valence electrons. The van der Waals surface area contributed by atoms with E-state index in [-0.39, 0.29) is 11.4 Å². The Morgan fingerprint density at radius 2 is 1.92 bits per heavy atom. The zero-order valence-corrected chi connectivity index (χ0v) is 20.9. The van der Waals surface area contributed by atoms with Crippen LogP contribution in [0.3, 0.4) is 0 Å². The number of ether oxygens (including phenoxy) is 1. The lowest BCUT2D eigenvalue weighted by atomic mass is 10.1. The molecule has 4 heterocycles. The number of aromatic nitrogens is 2. The Balaban J connectivity index is 1.29. The lowest BCUT2D eigenvalue weighted by Crippen LogP contribution is -2.35. The number of amides is 1. The number of hydrazone groups is 1. The van der Waals surface area contributed by atoms with Crippen molar-refractivity contribution in [2.75, 3.05) is 6.61 Å². The average Bonchev–Trinajstić information content (AvgIpc) is 3.50. The first-order valence-electron chi connectivity index (χ1n) is 11.4. The standard InChI is InChI=1S/C27H19ClN6O2S/c28-21-8-2-4-10-23(21)36-13-12-33-16-18(19-7-1-3-9-22(19)33)14-20-24(29)34-27(31-25(20)35)37-26(32-34)17-6-5-11-30-15-17/h1-11,14-16,29H,12-13H2/b20-14+,29-24?. The Kier molecular flexibility index (Phi) is 6.07. The summed E-state index contributed by atoms with van der Waals surface area (Å²) in [4.78, 5) is 21.3. The fourth-order valence-corrected chi connectivity index (χ4v) is 5.22. The molecule has 0 radical (unpaired) electrons. The number of carbonyl (C=O) groups is 1. The van der Waals surface area contributed by atoms with Crippen molar-refractivity contribution >= 4 is 62.3 Å². The molecule has 2 aromatic carbocycles. The predicted octanol–water partition coefficient (Wildman–Crippen LogP) is 5.44. The molecule has 1 amide bonds. The molecule has 0 bridgehead atoms. The number of benzene rings is 2. The minimum Gasteiger partial charge on any atom is -0.490 e. The quantitative estimate of drug-likeness (QED) is 0.338. The third-order valence-corrected chi connectivity index (χ3v) is 7.18. The molecular formula is C27H19ClN6O2S. The van der Waals surface area contributed by atoms with E-state index in [4.69, 9.17) is 21.7 Å². The Bertz CT molecular complexity index is 1640. The summed E-state index contributed by atoms with van der Waals surface area (Å²) in [6, 6.07) is 19.0. The normalized spacial score (nSPS) is 16.2. The lowest BCUT2D eigenvalue weighted by molar-refractivity contribution is -0.114. The summed E-state index contributed by atoms with van der Waals surface area (Å²) >= 11 is 7.45. The summed E-state index contributed by atoms with van der Waals surface area (Å²) in [6.07, 6.45) is 7.04. The highest BCUT2D eigenvalue weighted by Gasteiger charge is 2.36. The summed E-state index contributed by atoms with van der Waals surface area (Å²) in [5, 5.41) is 17.2. The average molecular weight is 527 g/mol. The van der Waals surface area contributed by atoms with Crippen LogP contribution in [0, 0.1) is 5.41 Å². The van der Waals surface area contributed by atoms with Gasteiger partial charge >= 0.3 is 0 Å². The summed E-state index contributed by atoms with van der Waals surface area (Å²) in [5.74, 6) is 0.151. The number of halogens is 1. The van der Waals surface area contributed by atoms with Crippen molar-refractivity contribution < 1.29 is 9.53 Å². The van der Waals surface area contributed by atoms with Gasteiger partial charge in [0.1, 0.15) is 17.4 Å². The summed E-state index contributed by atoms with van der Waals surface area (Å²) in [7, 11) is 0. The van der Waals surface area contributed by atoms with Gasteiger partial charge in [-0.1, -0.05) is 41.9 Å². The first-order chi connectivity index (χ1) is 18.1. The molecule has 10 heteroatoms. The number of nitrogens with zero attached hydrogens (tertiary/aromatic N) is 5. The van der Waals surface area contributed by atoms with E-state index in [1.807, 2.05) is 60.8 Å². The van der Waals surface area contributed by atoms with Crippen LogP contribution in [-0.4, -0.2) is 43.1 Å². The van der Waals surface area contributed by atoms with Crippen molar-refractivity contribution in [3.05, 3.63) is 101 Å². The molecule has 8 nitrogen and oxygen atoms in total. The number of amidine groups is 2. The molecule has 4 aromatic rings. The Hall–Kier alpha value is -4.21. The number of thioether (sulfide) groups is 1. The van der Waals surface area contributed by atoms with E-state index < -0.39 is 5.91 Å². The molecule has 2 aliphatic heterocycles. The lowest BCUT2D eigenvalue weighted by Gasteiger charge is -2.20. The fraction of sp³-hybridized carbons (Fsp3) is 0.0741. The van der Waals surface area contributed by atoms with E-state index in [0.717, 1.165) is 22.0 Å². The van der Waals surface area contributed by atoms with Crippen LogP contribution in [0.15, 0.2) is 94.9 Å². The van der Waals surface area contributed by atoms with Gasteiger partial charge in [-0.05, 0) is 48.2 Å². The largest absolute Gasteiger partial charge is 0.490 e. The number of fused-ring (bicyclic) bond motifs is 2. The number of hydrogen-bond donors (Lipinski definition) is 1. The van der Waals surface area contributed by atoms with Crippen LogP contribution in [-0.2, 0) is 11.3 Å². The number of rotatable bonds is 6. The number of nitrogens with one attached hydrogen (secondary N) is 1. The van der Waals surface area contributed by atoms with Crippen LogP contribution in [0.25, 0.3) is 17.0 Å².